The van der Waals surface area contributed by atoms with E-state index in [9.17, 15) is 13.2 Å². The molecule has 3 aromatic heterocycles. The third-order valence-electron chi connectivity index (χ3n) is 2.90. The first kappa shape index (κ1) is 14.9. The molecule has 0 aromatic carbocycles. The first-order valence-corrected chi connectivity index (χ1v) is 7.87. The van der Waals surface area contributed by atoms with Crippen molar-refractivity contribution < 1.29 is 17.6 Å². The van der Waals surface area contributed by atoms with Crippen LogP contribution < -0.4 is 4.72 Å². The molecule has 3 heterocycles. The summed E-state index contributed by atoms with van der Waals surface area (Å²) in [4.78, 5) is 19.3. The lowest BCUT2D eigenvalue weighted by Gasteiger charge is -2.02. The fourth-order valence-corrected chi connectivity index (χ4v) is 2.66. The lowest BCUT2D eigenvalue weighted by molar-refractivity contribution is 0.0976. The van der Waals surface area contributed by atoms with Crippen molar-refractivity contribution in [1.29, 1.82) is 0 Å². The van der Waals surface area contributed by atoms with Crippen LogP contribution in [0.5, 0.6) is 0 Å². The number of hydrogen-bond donors (Lipinski definition) is 1. The van der Waals surface area contributed by atoms with E-state index >= 15 is 0 Å². The quantitative estimate of drug-likeness (QED) is 0.745. The highest BCUT2D eigenvalue weighted by Gasteiger charge is 2.22. The maximum atomic E-state index is 12.2. The molecule has 0 bridgehead atoms. The maximum absolute atomic E-state index is 12.2. The minimum Gasteiger partial charge on any atom is -0.451 e. The molecule has 0 aliphatic heterocycles. The highest BCUT2D eigenvalue weighted by molar-refractivity contribution is 7.90. The van der Waals surface area contributed by atoms with Gasteiger partial charge < -0.3 is 4.42 Å². The van der Waals surface area contributed by atoms with Gasteiger partial charge in [-0.1, -0.05) is 0 Å². The van der Waals surface area contributed by atoms with Gasteiger partial charge in [0.25, 0.3) is 15.9 Å². The molecule has 0 atom stereocenters. The Bertz CT molecular complexity index is 946. The minimum atomic E-state index is -4.08. The van der Waals surface area contributed by atoms with E-state index in [2.05, 4.69) is 19.5 Å². The van der Waals surface area contributed by atoms with Crippen molar-refractivity contribution in [1.82, 2.24) is 24.5 Å². The van der Waals surface area contributed by atoms with Crippen molar-refractivity contribution in [3.8, 4) is 5.82 Å². The number of carbonyl (C=O) groups excluding carboxylic acids is 1. The van der Waals surface area contributed by atoms with Gasteiger partial charge in [0.15, 0.2) is 17.9 Å². The fourth-order valence-electron chi connectivity index (χ4n) is 1.77. The molecule has 0 radical (unpaired) electrons. The van der Waals surface area contributed by atoms with Crippen LogP contribution in [0.1, 0.15) is 16.1 Å². The van der Waals surface area contributed by atoms with Crippen LogP contribution in [0.15, 0.2) is 52.7 Å². The highest BCUT2D eigenvalue weighted by atomic mass is 32.2. The lowest BCUT2D eigenvalue weighted by Crippen LogP contribution is -2.30. The van der Waals surface area contributed by atoms with Crippen molar-refractivity contribution in [2.45, 2.75) is 11.8 Å². The van der Waals surface area contributed by atoms with Crippen molar-refractivity contribution in [3.05, 3.63) is 54.6 Å². The Kier molecular flexibility index (Phi) is 3.66. The average Bonchev–Trinajstić information content (AvgIpc) is 3.19. The second-order valence-electron chi connectivity index (χ2n) is 4.62. The first-order chi connectivity index (χ1) is 11.0. The number of nitrogens with zero attached hydrogens (tertiary/aromatic N) is 4. The Morgan fingerprint density at radius 3 is 2.87 bits per heavy atom. The topological polar surface area (TPSA) is 120 Å². The summed E-state index contributed by atoms with van der Waals surface area (Å²) >= 11 is 0. The van der Waals surface area contributed by atoms with Gasteiger partial charge in [-0.15, -0.1) is 0 Å². The number of hydrogen-bond acceptors (Lipinski definition) is 7. The number of amides is 1. The van der Waals surface area contributed by atoms with Crippen molar-refractivity contribution >= 4 is 15.9 Å². The molecule has 0 aliphatic carbocycles. The molecular weight excluding hydrogens is 322 g/mol. The van der Waals surface area contributed by atoms with Crippen LogP contribution in [-0.2, 0) is 10.0 Å². The van der Waals surface area contributed by atoms with E-state index in [-0.39, 0.29) is 10.6 Å². The summed E-state index contributed by atoms with van der Waals surface area (Å²) in [5, 5.41) is 3.95. The normalized spacial score (nSPS) is 11.3. The third-order valence-corrected chi connectivity index (χ3v) is 4.18. The third kappa shape index (κ3) is 3.11. The number of nitrogens with one attached hydrogen (secondary N) is 1. The molecule has 23 heavy (non-hydrogen) atoms. The molecule has 0 spiro atoms. The predicted molar refractivity (Wildman–Crippen MR) is 77.3 cm³/mol. The van der Waals surface area contributed by atoms with Gasteiger partial charge >= 0.3 is 0 Å². The van der Waals surface area contributed by atoms with Gasteiger partial charge in [0.2, 0.25) is 0 Å². The van der Waals surface area contributed by atoms with Gasteiger partial charge in [0, 0.05) is 6.20 Å². The van der Waals surface area contributed by atoms with Crippen LogP contribution in [0, 0.1) is 6.92 Å². The Hall–Kier alpha value is -3.01. The molecule has 0 unspecified atom stereocenters. The smallest absolute Gasteiger partial charge is 0.286 e. The van der Waals surface area contributed by atoms with E-state index in [0.29, 0.717) is 5.82 Å². The van der Waals surface area contributed by atoms with Gasteiger partial charge in [-0.05, 0) is 24.6 Å². The average molecular weight is 333 g/mol. The summed E-state index contributed by atoms with van der Waals surface area (Å²) in [5.41, 5.74) is 0.815. The van der Waals surface area contributed by atoms with E-state index in [1.165, 1.54) is 10.9 Å². The summed E-state index contributed by atoms with van der Waals surface area (Å²) in [5.74, 6) is -0.422. The molecule has 0 aliphatic rings. The minimum absolute atomic E-state index is 0.138. The summed E-state index contributed by atoms with van der Waals surface area (Å²) in [6, 6.07) is 3.56. The second-order valence-corrected chi connectivity index (χ2v) is 6.30. The Labute approximate surface area is 131 Å². The van der Waals surface area contributed by atoms with E-state index in [0.717, 1.165) is 24.4 Å². The van der Waals surface area contributed by atoms with E-state index in [1.807, 2.05) is 17.7 Å². The van der Waals surface area contributed by atoms with Crippen LogP contribution in [0.3, 0.4) is 0 Å². The zero-order valence-corrected chi connectivity index (χ0v) is 12.7. The lowest BCUT2D eigenvalue weighted by atomic mass is 10.3. The largest absolute Gasteiger partial charge is 0.451 e. The summed E-state index contributed by atoms with van der Waals surface area (Å²) < 4.78 is 32.2. The first-order valence-electron chi connectivity index (χ1n) is 6.39. The number of aryl methyl sites for hydroxylation is 1. The number of pyridine rings is 1. The van der Waals surface area contributed by atoms with Crippen LogP contribution in [0.25, 0.3) is 5.82 Å². The summed E-state index contributed by atoms with van der Waals surface area (Å²) in [6.07, 6.45) is 6.06. The Morgan fingerprint density at radius 2 is 2.17 bits per heavy atom. The van der Waals surface area contributed by atoms with E-state index in [1.54, 1.807) is 12.3 Å². The second kappa shape index (κ2) is 5.65. The van der Waals surface area contributed by atoms with Crippen molar-refractivity contribution in [3.63, 3.8) is 0 Å². The SMILES string of the molecule is Cc1ccnc(-n2cc(S(=O)(=O)NC(=O)c3cocn3)cn2)c1. The monoisotopic (exact) mass is 333 g/mol. The molecule has 1 amide bonds. The van der Waals surface area contributed by atoms with Gasteiger partial charge in [-0.25, -0.2) is 27.8 Å². The van der Waals surface area contributed by atoms with Crippen LogP contribution >= 0.6 is 0 Å². The molecule has 0 saturated heterocycles. The summed E-state index contributed by atoms with van der Waals surface area (Å²) in [7, 11) is -4.08. The van der Waals surface area contributed by atoms with Gasteiger partial charge in [0.1, 0.15) is 11.2 Å². The Balaban J connectivity index is 1.85. The zero-order chi connectivity index (χ0) is 16.4. The van der Waals surface area contributed by atoms with Gasteiger partial charge in [-0.3, -0.25) is 4.79 Å². The molecule has 9 nitrogen and oxygen atoms in total. The van der Waals surface area contributed by atoms with Gasteiger partial charge in [-0.2, -0.15) is 5.10 Å². The highest BCUT2D eigenvalue weighted by Crippen LogP contribution is 2.12. The number of sulfonamides is 1. The van der Waals surface area contributed by atoms with Gasteiger partial charge in [0.05, 0.1) is 12.4 Å². The molecular formula is C13H11N5O4S. The number of rotatable bonds is 4. The molecule has 0 fully saturated rings. The van der Waals surface area contributed by atoms with Crippen LogP contribution in [-0.4, -0.2) is 34.1 Å². The maximum Gasteiger partial charge on any atom is 0.286 e. The molecule has 118 valence electrons. The van der Waals surface area contributed by atoms with E-state index < -0.39 is 15.9 Å². The molecule has 3 rings (SSSR count). The van der Waals surface area contributed by atoms with E-state index in [4.69, 9.17) is 0 Å². The number of carbonyl (C=O) groups is 1. The standard InChI is InChI=1S/C13H11N5O4S/c1-9-2-3-14-12(4-9)18-6-10(5-16-18)23(20,21)17-13(19)11-7-22-8-15-11/h2-8H,1H3,(H,17,19). The zero-order valence-electron chi connectivity index (χ0n) is 11.9. The van der Waals surface area contributed by atoms with Crippen LogP contribution in [0.2, 0.25) is 0 Å². The molecule has 3 aromatic rings. The fraction of sp³-hybridized carbons (Fsp3) is 0.0769. The van der Waals surface area contributed by atoms with Crippen molar-refractivity contribution in [2.24, 2.45) is 0 Å². The van der Waals surface area contributed by atoms with Crippen molar-refractivity contribution in [2.75, 3.05) is 0 Å². The summed E-state index contributed by atoms with van der Waals surface area (Å²) in [6.45, 7) is 1.88. The molecule has 10 heteroatoms. The molecule has 1 N–H and O–H groups in total. The molecule has 0 saturated carbocycles. The predicted octanol–water partition coefficient (Wildman–Crippen LogP) is 0.682. The Morgan fingerprint density at radius 1 is 1.35 bits per heavy atom. The number of oxazole rings is 1. The number of aromatic nitrogens is 4. The van der Waals surface area contributed by atoms with Crippen LogP contribution in [0.4, 0.5) is 0 Å².